The molecular formula is C6H11NO6S. The highest BCUT2D eigenvalue weighted by Crippen LogP contribution is 2.07. The molecule has 0 bridgehead atoms. The van der Waals surface area contributed by atoms with E-state index in [2.05, 4.69) is 0 Å². The normalized spacial score (nSPS) is 13.4. The number of hydrogen-bond acceptors (Lipinski definition) is 4. The molecule has 1 unspecified atom stereocenters. The Morgan fingerprint density at radius 3 is 2.00 bits per heavy atom. The van der Waals surface area contributed by atoms with Gasteiger partial charge in [-0.15, -0.1) is 0 Å². The second kappa shape index (κ2) is 4.38. The van der Waals surface area contributed by atoms with Gasteiger partial charge in [-0.1, -0.05) is 0 Å². The lowest BCUT2D eigenvalue weighted by Crippen LogP contribution is -2.40. The zero-order valence-corrected chi connectivity index (χ0v) is 8.48. The van der Waals surface area contributed by atoms with E-state index in [0.717, 1.165) is 4.90 Å². The Kier molecular flexibility index (Phi) is 4.02. The summed E-state index contributed by atoms with van der Waals surface area (Å²) in [5.74, 6) is -2.43. The first-order valence-electron chi connectivity index (χ1n) is 3.55. The topological polar surface area (TPSA) is 112 Å². The number of amides is 1. The van der Waals surface area contributed by atoms with Crippen molar-refractivity contribution in [2.45, 2.75) is 11.7 Å². The molecule has 0 saturated carbocycles. The van der Waals surface area contributed by atoms with Crippen LogP contribution in [-0.2, 0) is 19.7 Å². The van der Waals surface area contributed by atoms with Crippen molar-refractivity contribution < 1.29 is 27.7 Å². The molecule has 8 heteroatoms. The standard InChI is InChI=1S/C6H11NO6S/c1-7(2)6(10)4(3-5(8)9)14(11,12)13/h4H,3H2,1-2H3,(H,8,9)(H,11,12,13). The zero-order valence-electron chi connectivity index (χ0n) is 7.67. The maximum Gasteiger partial charge on any atom is 0.305 e. The number of carboxylic acids is 1. The van der Waals surface area contributed by atoms with Crippen molar-refractivity contribution >= 4 is 22.0 Å². The van der Waals surface area contributed by atoms with Gasteiger partial charge in [-0.05, 0) is 0 Å². The first-order chi connectivity index (χ1) is 6.16. The molecule has 0 aromatic carbocycles. The van der Waals surface area contributed by atoms with Crippen LogP contribution in [0.25, 0.3) is 0 Å². The van der Waals surface area contributed by atoms with Crippen LogP contribution < -0.4 is 0 Å². The molecular weight excluding hydrogens is 214 g/mol. The molecule has 0 aromatic heterocycles. The van der Waals surface area contributed by atoms with Crippen molar-refractivity contribution in [3.63, 3.8) is 0 Å². The maximum atomic E-state index is 11.1. The van der Waals surface area contributed by atoms with Crippen LogP contribution in [0.4, 0.5) is 0 Å². The molecule has 0 saturated heterocycles. The molecule has 2 N–H and O–H groups in total. The predicted octanol–water partition coefficient (Wildman–Crippen LogP) is -1.19. The third-order valence-corrected chi connectivity index (χ3v) is 2.52. The molecule has 0 aliphatic heterocycles. The van der Waals surface area contributed by atoms with E-state index in [0.29, 0.717) is 0 Å². The van der Waals surface area contributed by atoms with E-state index < -0.39 is 33.7 Å². The lowest BCUT2D eigenvalue weighted by Gasteiger charge is -2.16. The summed E-state index contributed by atoms with van der Waals surface area (Å²) in [7, 11) is -2.14. The lowest BCUT2D eigenvalue weighted by molar-refractivity contribution is -0.140. The number of carbonyl (C=O) groups excluding carboxylic acids is 1. The van der Waals surface area contributed by atoms with Gasteiger partial charge in [0.25, 0.3) is 10.1 Å². The molecule has 0 radical (unpaired) electrons. The van der Waals surface area contributed by atoms with Gasteiger partial charge in [0.1, 0.15) is 0 Å². The Hall–Kier alpha value is -1.15. The number of aliphatic carboxylic acids is 1. The van der Waals surface area contributed by atoms with Gasteiger partial charge in [0.05, 0.1) is 6.42 Å². The minimum atomic E-state index is -4.68. The van der Waals surface area contributed by atoms with Gasteiger partial charge in [-0.2, -0.15) is 8.42 Å². The maximum absolute atomic E-state index is 11.1. The minimum Gasteiger partial charge on any atom is -0.481 e. The Balaban J connectivity index is 4.93. The molecule has 0 heterocycles. The monoisotopic (exact) mass is 225 g/mol. The van der Waals surface area contributed by atoms with Gasteiger partial charge < -0.3 is 10.0 Å². The lowest BCUT2D eigenvalue weighted by atomic mass is 10.3. The van der Waals surface area contributed by atoms with E-state index in [9.17, 15) is 18.0 Å². The average Bonchev–Trinajstić information content (AvgIpc) is 1.96. The smallest absolute Gasteiger partial charge is 0.305 e. The van der Waals surface area contributed by atoms with E-state index in [1.807, 2.05) is 0 Å². The van der Waals surface area contributed by atoms with Crippen molar-refractivity contribution in [2.24, 2.45) is 0 Å². The van der Waals surface area contributed by atoms with Gasteiger partial charge in [-0.3, -0.25) is 14.1 Å². The summed E-state index contributed by atoms with van der Waals surface area (Å²) in [4.78, 5) is 22.3. The molecule has 0 rings (SSSR count). The van der Waals surface area contributed by atoms with E-state index in [4.69, 9.17) is 9.66 Å². The average molecular weight is 225 g/mol. The Morgan fingerprint density at radius 1 is 1.36 bits per heavy atom. The second-order valence-electron chi connectivity index (χ2n) is 2.83. The quantitative estimate of drug-likeness (QED) is 0.581. The Labute approximate surface area is 81.1 Å². The van der Waals surface area contributed by atoms with Crippen LogP contribution in [-0.4, -0.2) is 54.2 Å². The third-order valence-electron chi connectivity index (χ3n) is 1.44. The zero-order chi connectivity index (χ0) is 11.5. The molecule has 0 aromatic rings. The summed E-state index contributed by atoms with van der Waals surface area (Å²) in [5.41, 5.74) is 0. The molecule has 1 atom stereocenters. The molecule has 0 fully saturated rings. The van der Waals surface area contributed by atoms with Crippen LogP contribution in [0, 0.1) is 0 Å². The van der Waals surface area contributed by atoms with Gasteiger partial charge in [0, 0.05) is 14.1 Å². The van der Waals surface area contributed by atoms with Crippen LogP contribution in [0.5, 0.6) is 0 Å². The molecule has 0 spiro atoms. The summed E-state index contributed by atoms with van der Waals surface area (Å²) in [6.45, 7) is 0. The summed E-state index contributed by atoms with van der Waals surface area (Å²) >= 11 is 0. The molecule has 0 aliphatic carbocycles. The molecule has 82 valence electrons. The number of carbonyl (C=O) groups is 2. The number of hydrogen-bond donors (Lipinski definition) is 2. The summed E-state index contributed by atoms with van der Waals surface area (Å²) in [5, 5.41) is 6.40. The van der Waals surface area contributed by atoms with Gasteiger partial charge >= 0.3 is 5.97 Å². The van der Waals surface area contributed by atoms with E-state index in [1.54, 1.807) is 0 Å². The van der Waals surface area contributed by atoms with E-state index in [1.165, 1.54) is 14.1 Å². The molecule has 0 aliphatic rings. The number of rotatable bonds is 4. The summed E-state index contributed by atoms with van der Waals surface area (Å²) in [6, 6.07) is 0. The van der Waals surface area contributed by atoms with Crippen molar-refractivity contribution in [3.05, 3.63) is 0 Å². The fraction of sp³-hybridized carbons (Fsp3) is 0.667. The van der Waals surface area contributed by atoms with Crippen LogP contribution in [0.3, 0.4) is 0 Å². The fourth-order valence-corrected chi connectivity index (χ4v) is 1.59. The molecule has 14 heavy (non-hydrogen) atoms. The SMILES string of the molecule is CN(C)C(=O)C(CC(=O)O)S(=O)(=O)O. The first kappa shape index (κ1) is 12.8. The minimum absolute atomic E-state index is 0.904. The van der Waals surface area contributed by atoms with Crippen molar-refractivity contribution in [3.8, 4) is 0 Å². The Morgan fingerprint density at radius 2 is 1.79 bits per heavy atom. The third kappa shape index (κ3) is 3.71. The fourth-order valence-electron chi connectivity index (χ4n) is 0.767. The Bertz CT molecular complexity index is 332. The number of carboxylic acid groups (broad SMARTS) is 1. The predicted molar refractivity (Wildman–Crippen MR) is 46.3 cm³/mol. The summed E-state index contributed by atoms with van der Waals surface area (Å²) < 4.78 is 29.9. The van der Waals surface area contributed by atoms with E-state index >= 15 is 0 Å². The van der Waals surface area contributed by atoms with Crippen LogP contribution in [0.2, 0.25) is 0 Å². The molecule has 7 nitrogen and oxygen atoms in total. The highest BCUT2D eigenvalue weighted by atomic mass is 32.2. The van der Waals surface area contributed by atoms with Crippen molar-refractivity contribution in [1.29, 1.82) is 0 Å². The second-order valence-corrected chi connectivity index (χ2v) is 4.43. The van der Waals surface area contributed by atoms with Crippen LogP contribution >= 0.6 is 0 Å². The molecule has 1 amide bonds. The van der Waals surface area contributed by atoms with Gasteiger partial charge in [0.2, 0.25) is 5.91 Å². The number of nitrogens with zero attached hydrogens (tertiary/aromatic N) is 1. The largest absolute Gasteiger partial charge is 0.481 e. The van der Waals surface area contributed by atoms with Crippen LogP contribution in [0.1, 0.15) is 6.42 Å². The highest BCUT2D eigenvalue weighted by molar-refractivity contribution is 7.87. The van der Waals surface area contributed by atoms with Gasteiger partial charge in [0.15, 0.2) is 5.25 Å². The van der Waals surface area contributed by atoms with Crippen molar-refractivity contribution in [1.82, 2.24) is 4.90 Å². The first-order valence-corrected chi connectivity index (χ1v) is 5.06. The van der Waals surface area contributed by atoms with Crippen LogP contribution in [0.15, 0.2) is 0 Å². The van der Waals surface area contributed by atoms with Crippen molar-refractivity contribution in [2.75, 3.05) is 14.1 Å². The van der Waals surface area contributed by atoms with Gasteiger partial charge in [-0.25, -0.2) is 0 Å². The summed E-state index contributed by atoms with van der Waals surface area (Å²) in [6.07, 6.45) is -0.949. The van der Waals surface area contributed by atoms with E-state index in [-0.39, 0.29) is 0 Å². The highest BCUT2D eigenvalue weighted by Gasteiger charge is 2.34.